The highest BCUT2D eigenvalue weighted by Crippen LogP contribution is 2.47. The molecule has 1 unspecified atom stereocenters. The monoisotopic (exact) mass is 333 g/mol. The Morgan fingerprint density at radius 3 is 2.87 bits per heavy atom. The highest BCUT2D eigenvalue weighted by Gasteiger charge is 2.47. The van der Waals surface area contributed by atoms with Crippen molar-refractivity contribution in [2.75, 3.05) is 26.7 Å². The predicted molar refractivity (Wildman–Crippen MR) is 95.2 cm³/mol. The van der Waals surface area contributed by atoms with E-state index < -0.39 is 0 Å². The third-order valence-electron chi connectivity index (χ3n) is 5.32. The summed E-state index contributed by atoms with van der Waals surface area (Å²) in [5.41, 5.74) is 9.05. The van der Waals surface area contributed by atoms with Gasteiger partial charge in [-0.2, -0.15) is 0 Å². The first-order chi connectivity index (χ1) is 11.1. The fraction of sp³-hybridized carbons (Fsp3) is 0.500. The minimum Gasteiger partial charge on any atom is -0.404 e. The number of aliphatic imine (C=N–C) groups is 1. The van der Waals surface area contributed by atoms with Crippen LogP contribution in [0.4, 0.5) is 0 Å². The van der Waals surface area contributed by atoms with Gasteiger partial charge in [-0.1, -0.05) is 17.7 Å². The van der Waals surface area contributed by atoms with Gasteiger partial charge in [0.15, 0.2) is 0 Å². The Kier molecular flexibility index (Phi) is 4.76. The molecule has 124 valence electrons. The van der Waals surface area contributed by atoms with Gasteiger partial charge in [0.2, 0.25) is 0 Å². The molecule has 1 spiro atoms. The molecule has 3 N–H and O–H groups in total. The Hall–Kier alpha value is -1.36. The van der Waals surface area contributed by atoms with Crippen molar-refractivity contribution in [3.05, 3.63) is 46.1 Å². The summed E-state index contributed by atoms with van der Waals surface area (Å²) in [6.45, 7) is 2.69. The zero-order valence-corrected chi connectivity index (χ0v) is 14.3. The number of rotatable bonds is 3. The third-order valence-corrected chi connectivity index (χ3v) is 5.56. The van der Waals surface area contributed by atoms with Crippen molar-refractivity contribution in [1.82, 2.24) is 4.90 Å². The van der Waals surface area contributed by atoms with Gasteiger partial charge in [0, 0.05) is 30.2 Å². The standard InChI is InChI=1S/C18H24ClN3O/c1-21-11-13(10-20)12-22-6-4-18(5-7-22)16-9-15(19)3-2-14(16)8-17(18)23/h2-3,9-11,17,23H,4-8,12,20H2,1H3/b13-10+,21-11?. The molecular formula is C18H24ClN3O. The van der Waals surface area contributed by atoms with Crippen LogP contribution in [-0.2, 0) is 11.8 Å². The van der Waals surface area contributed by atoms with Crippen LogP contribution < -0.4 is 5.73 Å². The highest BCUT2D eigenvalue weighted by molar-refractivity contribution is 6.30. The van der Waals surface area contributed by atoms with Crippen molar-refractivity contribution >= 4 is 17.8 Å². The number of fused-ring (bicyclic) bond motifs is 2. The Morgan fingerprint density at radius 1 is 1.48 bits per heavy atom. The predicted octanol–water partition coefficient (Wildman–Crippen LogP) is 2.13. The molecule has 0 aromatic heterocycles. The zero-order valence-electron chi connectivity index (χ0n) is 13.5. The number of halogens is 1. The molecule has 1 atom stereocenters. The first-order valence-corrected chi connectivity index (χ1v) is 8.49. The van der Waals surface area contributed by atoms with E-state index in [-0.39, 0.29) is 11.5 Å². The molecule has 23 heavy (non-hydrogen) atoms. The van der Waals surface area contributed by atoms with Crippen LogP contribution in [0, 0.1) is 0 Å². The number of aliphatic hydroxyl groups is 1. The second kappa shape index (κ2) is 6.63. The average molecular weight is 334 g/mol. The highest BCUT2D eigenvalue weighted by atomic mass is 35.5. The molecule has 0 bridgehead atoms. The topological polar surface area (TPSA) is 61.8 Å². The molecule has 0 saturated carbocycles. The fourth-order valence-electron chi connectivity index (χ4n) is 4.05. The molecule has 0 amide bonds. The molecule has 1 aliphatic heterocycles. The van der Waals surface area contributed by atoms with Crippen molar-refractivity contribution in [3.8, 4) is 0 Å². The molecule has 1 aliphatic carbocycles. The van der Waals surface area contributed by atoms with E-state index in [2.05, 4.69) is 22.0 Å². The number of aliphatic hydroxyl groups excluding tert-OH is 1. The number of piperidine rings is 1. The second-order valence-corrected chi connectivity index (χ2v) is 7.02. The van der Waals surface area contributed by atoms with Gasteiger partial charge in [0.05, 0.1) is 6.10 Å². The summed E-state index contributed by atoms with van der Waals surface area (Å²) in [6, 6.07) is 6.04. The van der Waals surface area contributed by atoms with E-state index in [1.807, 2.05) is 12.3 Å². The van der Waals surface area contributed by atoms with Gasteiger partial charge < -0.3 is 10.8 Å². The van der Waals surface area contributed by atoms with Crippen molar-refractivity contribution in [2.24, 2.45) is 10.7 Å². The summed E-state index contributed by atoms with van der Waals surface area (Å²) in [7, 11) is 1.75. The average Bonchev–Trinajstić information content (AvgIpc) is 2.81. The molecule has 1 aromatic carbocycles. The van der Waals surface area contributed by atoms with Crippen LogP contribution in [0.2, 0.25) is 5.02 Å². The van der Waals surface area contributed by atoms with Crippen LogP contribution in [0.5, 0.6) is 0 Å². The first kappa shape index (κ1) is 16.5. The maximum atomic E-state index is 10.7. The number of nitrogens with two attached hydrogens (primary N) is 1. The van der Waals surface area contributed by atoms with E-state index in [4.69, 9.17) is 17.3 Å². The normalized spacial score (nSPS) is 24.5. The maximum Gasteiger partial charge on any atom is 0.0678 e. The molecule has 4 nitrogen and oxygen atoms in total. The van der Waals surface area contributed by atoms with Gasteiger partial charge in [0.1, 0.15) is 0 Å². The van der Waals surface area contributed by atoms with Crippen molar-refractivity contribution in [3.63, 3.8) is 0 Å². The molecular weight excluding hydrogens is 310 g/mol. The van der Waals surface area contributed by atoms with Crippen LogP contribution in [0.1, 0.15) is 24.0 Å². The zero-order chi connectivity index (χ0) is 16.4. The number of hydrogen-bond acceptors (Lipinski definition) is 4. The third kappa shape index (κ3) is 3.03. The molecule has 1 heterocycles. The fourth-order valence-corrected chi connectivity index (χ4v) is 4.22. The molecule has 3 rings (SSSR count). The van der Waals surface area contributed by atoms with Gasteiger partial charge in [-0.3, -0.25) is 9.89 Å². The summed E-state index contributed by atoms with van der Waals surface area (Å²) < 4.78 is 0. The van der Waals surface area contributed by atoms with Crippen molar-refractivity contribution in [2.45, 2.75) is 30.8 Å². The van der Waals surface area contributed by atoms with Crippen LogP contribution in [-0.4, -0.2) is 49.0 Å². The van der Waals surface area contributed by atoms with E-state index in [9.17, 15) is 5.11 Å². The molecule has 1 aromatic rings. The Balaban J connectivity index is 1.75. The SMILES string of the molecule is CN=C/C(=C\N)CN1CCC2(CC1)c1cc(Cl)ccc1CC2O. The van der Waals surface area contributed by atoms with Crippen LogP contribution in [0.3, 0.4) is 0 Å². The van der Waals surface area contributed by atoms with Gasteiger partial charge in [-0.05, 0) is 67.4 Å². The van der Waals surface area contributed by atoms with E-state index in [0.29, 0.717) is 0 Å². The molecule has 1 fully saturated rings. The van der Waals surface area contributed by atoms with Crippen LogP contribution >= 0.6 is 11.6 Å². The molecule has 5 heteroatoms. The molecule has 2 aliphatic rings. The van der Waals surface area contributed by atoms with E-state index in [1.54, 1.807) is 13.2 Å². The van der Waals surface area contributed by atoms with Gasteiger partial charge in [0.25, 0.3) is 0 Å². The van der Waals surface area contributed by atoms with Gasteiger partial charge in [-0.25, -0.2) is 0 Å². The number of benzene rings is 1. The lowest BCUT2D eigenvalue weighted by molar-refractivity contribution is 0.0462. The maximum absolute atomic E-state index is 10.7. The van der Waals surface area contributed by atoms with Crippen LogP contribution in [0.25, 0.3) is 0 Å². The lowest BCUT2D eigenvalue weighted by Crippen LogP contribution is -2.47. The number of nitrogens with zero attached hydrogens (tertiary/aromatic N) is 2. The summed E-state index contributed by atoms with van der Waals surface area (Å²) in [4.78, 5) is 6.42. The summed E-state index contributed by atoms with van der Waals surface area (Å²) in [5, 5.41) is 11.5. The largest absolute Gasteiger partial charge is 0.404 e. The minimum atomic E-state index is -0.306. The quantitative estimate of drug-likeness (QED) is 0.833. The Morgan fingerprint density at radius 2 is 2.22 bits per heavy atom. The van der Waals surface area contributed by atoms with E-state index >= 15 is 0 Å². The molecule has 1 saturated heterocycles. The second-order valence-electron chi connectivity index (χ2n) is 6.58. The lowest BCUT2D eigenvalue weighted by Gasteiger charge is -2.42. The smallest absolute Gasteiger partial charge is 0.0678 e. The minimum absolute atomic E-state index is 0.137. The molecule has 0 radical (unpaired) electrons. The van der Waals surface area contributed by atoms with Crippen molar-refractivity contribution < 1.29 is 5.11 Å². The Labute approximate surface area is 142 Å². The van der Waals surface area contributed by atoms with E-state index in [1.165, 1.54) is 11.1 Å². The summed E-state index contributed by atoms with van der Waals surface area (Å²) >= 11 is 6.20. The summed E-state index contributed by atoms with van der Waals surface area (Å²) in [6.07, 6.45) is 5.76. The van der Waals surface area contributed by atoms with E-state index in [0.717, 1.165) is 49.5 Å². The van der Waals surface area contributed by atoms with Crippen LogP contribution in [0.15, 0.2) is 35.0 Å². The Bertz CT molecular complexity index is 633. The number of hydrogen-bond donors (Lipinski definition) is 2. The number of likely N-dealkylation sites (tertiary alicyclic amines) is 1. The lowest BCUT2D eigenvalue weighted by atomic mass is 9.72. The van der Waals surface area contributed by atoms with Gasteiger partial charge >= 0.3 is 0 Å². The van der Waals surface area contributed by atoms with Crippen molar-refractivity contribution in [1.29, 1.82) is 0 Å². The first-order valence-electron chi connectivity index (χ1n) is 8.11. The van der Waals surface area contributed by atoms with Gasteiger partial charge in [-0.15, -0.1) is 0 Å². The summed E-state index contributed by atoms with van der Waals surface area (Å²) in [5.74, 6) is 0.